The standard InChI is InChI=1S/C18H16N2O3/c1-2-23-17(21)11-13-7-9-14(10-8-13)20-12-19-16-6-4-3-5-15(16)18(20)22/h3-10,12H,2,11H2,1H3. The van der Waals surface area contributed by atoms with E-state index in [2.05, 4.69) is 4.98 Å². The lowest BCUT2D eigenvalue weighted by Gasteiger charge is -2.08. The molecular formula is C18H16N2O3. The predicted octanol–water partition coefficient (Wildman–Crippen LogP) is 2.49. The van der Waals surface area contributed by atoms with Gasteiger partial charge in [-0.05, 0) is 36.8 Å². The maximum atomic E-state index is 12.5. The SMILES string of the molecule is CCOC(=O)Cc1ccc(-n2cnc3ccccc3c2=O)cc1. The van der Waals surface area contributed by atoms with Gasteiger partial charge in [0, 0.05) is 0 Å². The van der Waals surface area contributed by atoms with Gasteiger partial charge < -0.3 is 4.74 Å². The van der Waals surface area contributed by atoms with E-state index in [1.165, 1.54) is 10.9 Å². The normalized spacial score (nSPS) is 10.7. The molecule has 3 rings (SSSR count). The lowest BCUT2D eigenvalue weighted by molar-refractivity contribution is -0.142. The Morgan fingerprint density at radius 1 is 1.13 bits per heavy atom. The summed E-state index contributed by atoms with van der Waals surface area (Å²) in [5, 5.41) is 0.575. The molecule has 3 aromatic rings. The molecule has 0 saturated heterocycles. The van der Waals surface area contributed by atoms with Crippen LogP contribution in [0.3, 0.4) is 0 Å². The molecular weight excluding hydrogens is 292 g/mol. The Balaban J connectivity index is 1.92. The number of carbonyl (C=O) groups is 1. The van der Waals surface area contributed by atoms with E-state index in [0.717, 1.165) is 5.56 Å². The van der Waals surface area contributed by atoms with Crippen LogP contribution in [0.15, 0.2) is 59.7 Å². The van der Waals surface area contributed by atoms with Crippen molar-refractivity contribution in [2.45, 2.75) is 13.3 Å². The van der Waals surface area contributed by atoms with E-state index in [1.807, 2.05) is 30.3 Å². The molecule has 0 N–H and O–H groups in total. The summed E-state index contributed by atoms with van der Waals surface area (Å²) in [7, 11) is 0. The number of nitrogens with zero attached hydrogens (tertiary/aromatic N) is 2. The van der Waals surface area contributed by atoms with Gasteiger partial charge in [-0.2, -0.15) is 0 Å². The molecule has 0 atom stereocenters. The summed E-state index contributed by atoms with van der Waals surface area (Å²) < 4.78 is 6.42. The third kappa shape index (κ3) is 3.13. The quantitative estimate of drug-likeness (QED) is 0.695. The number of esters is 1. The van der Waals surface area contributed by atoms with Gasteiger partial charge in [-0.15, -0.1) is 0 Å². The second-order valence-corrected chi connectivity index (χ2v) is 5.09. The Hall–Kier alpha value is -2.95. The molecule has 0 amide bonds. The Morgan fingerprint density at radius 2 is 1.87 bits per heavy atom. The molecule has 0 saturated carbocycles. The number of carbonyl (C=O) groups excluding carboxylic acids is 1. The van der Waals surface area contributed by atoms with Gasteiger partial charge >= 0.3 is 5.97 Å². The molecule has 0 unspecified atom stereocenters. The van der Waals surface area contributed by atoms with Crippen LogP contribution in [-0.4, -0.2) is 22.1 Å². The Labute approximate surface area is 133 Å². The maximum absolute atomic E-state index is 12.5. The number of hydrogen-bond acceptors (Lipinski definition) is 4. The highest BCUT2D eigenvalue weighted by atomic mass is 16.5. The second-order valence-electron chi connectivity index (χ2n) is 5.09. The Kier molecular flexibility index (Phi) is 4.19. The van der Waals surface area contributed by atoms with Gasteiger partial charge in [0.25, 0.3) is 5.56 Å². The molecule has 0 bridgehead atoms. The lowest BCUT2D eigenvalue weighted by atomic mass is 10.1. The molecule has 0 fully saturated rings. The monoisotopic (exact) mass is 308 g/mol. The molecule has 0 aliphatic carbocycles. The first-order valence-corrected chi connectivity index (χ1v) is 7.40. The molecule has 2 aromatic carbocycles. The molecule has 5 nitrogen and oxygen atoms in total. The van der Waals surface area contributed by atoms with Crippen molar-refractivity contribution >= 4 is 16.9 Å². The number of ether oxygens (including phenoxy) is 1. The molecule has 5 heteroatoms. The number of fused-ring (bicyclic) bond motifs is 1. The fourth-order valence-electron chi connectivity index (χ4n) is 2.41. The highest BCUT2D eigenvalue weighted by Gasteiger charge is 2.07. The van der Waals surface area contributed by atoms with Gasteiger partial charge in [-0.25, -0.2) is 4.98 Å². The summed E-state index contributed by atoms with van der Waals surface area (Å²) >= 11 is 0. The van der Waals surface area contributed by atoms with E-state index < -0.39 is 0 Å². The van der Waals surface area contributed by atoms with E-state index in [1.54, 1.807) is 25.1 Å². The van der Waals surface area contributed by atoms with Gasteiger partial charge in [0.15, 0.2) is 0 Å². The van der Waals surface area contributed by atoms with Crippen molar-refractivity contribution in [1.82, 2.24) is 9.55 Å². The van der Waals surface area contributed by atoms with Crippen LogP contribution in [0.4, 0.5) is 0 Å². The first-order valence-electron chi connectivity index (χ1n) is 7.40. The van der Waals surface area contributed by atoms with E-state index in [-0.39, 0.29) is 17.9 Å². The first-order chi connectivity index (χ1) is 11.2. The number of benzene rings is 2. The maximum Gasteiger partial charge on any atom is 0.310 e. The highest BCUT2D eigenvalue weighted by molar-refractivity contribution is 5.77. The van der Waals surface area contributed by atoms with E-state index in [4.69, 9.17) is 4.74 Å². The molecule has 116 valence electrons. The van der Waals surface area contributed by atoms with Gasteiger partial charge in [-0.1, -0.05) is 24.3 Å². The minimum absolute atomic E-state index is 0.117. The topological polar surface area (TPSA) is 61.2 Å². The minimum Gasteiger partial charge on any atom is -0.466 e. The fourth-order valence-corrected chi connectivity index (χ4v) is 2.41. The van der Waals surface area contributed by atoms with E-state index >= 15 is 0 Å². The lowest BCUT2D eigenvalue weighted by Crippen LogP contribution is -2.18. The van der Waals surface area contributed by atoms with Crippen molar-refractivity contribution in [3.8, 4) is 5.69 Å². The molecule has 1 aromatic heterocycles. The van der Waals surface area contributed by atoms with Gasteiger partial charge in [0.05, 0.1) is 29.6 Å². The number of rotatable bonds is 4. The summed E-state index contributed by atoms with van der Waals surface area (Å²) in [5.41, 5.74) is 2.11. The number of hydrogen-bond donors (Lipinski definition) is 0. The van der Waals surface area contributed by atoms with Crippen LogP contribution < -0.4 is 5.56 Å². The minimum atomic E-state index is -0.259. The van der Waals surface area contributed by atoms with Gasteiger partial charge in [-0.3, -0.25) is 14.2 Å². The van der Waals surface area contributed by atoms with Crippen LogP contribution in [0.1, 0.15) is 12.5 Å². The first kappa shape index (κ1) is 15.0. The van der Waals surface area contributed by atoms with E-state index in [9.17, 15) is 9.59 Å². The molecule has 0 spiro atoms. The van der Waals surface area contributed by atoms with Crippen LogP contribution in [0, 0.1) is 0 Å². The average molecular weight is 308 g/mol. The number of aromatic nitrogens is 2. The molecule has 0 aliphatic rings. The number of para-hydroxylation sites is 1. The largest absolute Gasteiger partial charge is 0.466 e. The smallest absolute Gasteiger partial charge is 0.310 e. The van der Waals surface area contributed by atoms with Crippen molar-refractivity contribution in [3.05, 3.63) is 70.8 Å². The molecule has 0 radical (unpaired) electrons. The summed E-state index contributed by atoms with van der Waals surface area (Å²) in [6.07, 6.45) is 1.74. The zero-order valence-electron chi connectivity index (χ0n) is 12.7. The third-order valence-electron chi connectivity index (χ3n) is 3.53. The average Bonchev–Trinajstić information content (AvgIpc) is 2.57. The highest BCUT2D eigenvalue weighted by Crippen LogP contribution is 2.11. The predicted molar refractivity (Wildman–Crippen MR) is 87.7 cm³/mol. The third-order valence-corrected chi connectivity index (χ3v) is 3.53. The van der Waals surface area contributed by atoms with Crippen molar-refractivity contribution in [1.29, 1.82) is 0 Å². The van der Waals surface area contributed by atoms with Gasteiger partial charge in [0.1, 0.15) is 6.33 Å². The fraction of sp³-hybridized carbons (Fsp3) is 0.167. The second kappa shape index (κ2) is 6.44. The van der Waals surface area contributed by atoms with E-state index in [0.29, 0.717) is 23.2 Å². The summed E-state index contributed by atoms with van der Waals surface area (Å²) in [5.74, 6) is -0.259. The zero-order chi connectivity index (χ0) is 16.2. The van der Waals surface area contributed by atoms with Crippen LogP contribution in [0.5, 0.6) is 0 Å². The zero-order valence-corrected chi connectivity index (χ0v) is 12.7. The molecule has 23 heavy (non-hydrogen) atoms. The summed E-state index contributed by atoms with van der Waals surface area (Å²) in [6.45, 7) is 2.15. The molecule has 0 aliphatic heterocycles. The van der Waals surface area contributed by atoms with Crippen molar-refractivity contribution < 1.29 is 9.53 Å². The van der Waals surface area contributed by atoms with Crippen molar-refractivity contribution in [2.75, 3.05) is 6.61 Å². The van der Waals surface area contributed by atoms with Gasteiger partial charge in [0.2, 0.25) is 0 Å². The Morgan fingerprint density at radius 3 is 2.61 bits per heavy atom. The van der Waals surface area contributed by atoms with Crippen molar-refractivity contribution in [2.24, 2.45) is 0 Å². The van der Waals surface area contributed by atoms with Crippen LogP contribution >= 0.6 is 0 Å². The van der Waals surface area contributed by atoms with Crippen LogP contribution in [0.25, 0.3) is 16.6 Å². The Bertz CT molecular complexity index is 898. The van der Waals surface area contributed by atoms with Crippen LogP contribution in [0.2, 0.25) is 0 Å². The molecule has 1 heterocycles. The van der Waals surface area contributed by atoms with Crippen LogP contribution in [-0.2, 0) is 16.0 Å². The summed E-state index contributed by atoms with van der Waals surface area (Å²) in [4.78, 5) is 28.3. The summed E-state index contributed by atoms with van der Waals surface area (Å²) in [6, 6.07) is 14.5. The van der Waals surface area contributed by atoms with Crippen molar-refractivity contribution in [3.63, 3.8) is 0 Å².